The topological polar surface area (TPSA) is 150 Å². The smallest absolute Gasteiger partial charge is 0.471 e. The van der Waals surface area contributed by atoms with Crippen molar-refractivity contribution in [3.8, 4) is 34.1 Å². The van der Waals surface area contributed by atoms with E-state index in [1.807, 2.05) is 37.2 Å². The van der Waals surface area contributed by atoms with Gasteiger partial charge in [0.25, 0.3) is 0 Å². The Morgan fingerprint density at radius 2 is 1.98 bits per heavy atom. The van der Waals surface area contributed by atoms with Gasteiger partial charge in [-0.15, -0.1) is 0 Å². The number of hydrogen-bond donors (Lipinski definition) is 3. The highest BCUT2D eigenvalue weighted by atomic mass is 31.2. The number of pyridine rings is 1. The number of carbonyl (C=O) groups is 1. The van der Waals surface area contributed by atoms with Crippen LogP contribution in [0.25, 0.3) is 33.3 Å². The Labute approximate surface area is 237 Å². The van der Waals surface area contributed by atoms with E-state index in [0.29, 0.717) is 45.7 Å². The molecule has 4 aromatic rings. The molecule has 0 fully saturated rings. The summed E-state index contributed by atoms with van der Waals surface area (Å²) in [6, 6.07) is 16.3. The molecule has 4 rings (SSSR count). The number of aromatic nitrogens is 2. The number of phosphoric ester groups is 1. The molecule has 0 saturated heterocycles. The first-order chi connectivity index (χ1) is 19.5. The number of nitrogens with one attached hydrogen (secondary N) is 1. The van der Waals surface area contributed by atoms with E-state index < -0.39 is 14.1 Å². The Hall–Kier alpha value is -4.30. The normalized spacial score (nSPS) is 12.5. The van der Waals surface area contributed by atoms with Crippen LogP contribution in [0.2, 0.25) is 0 Å². The van der Waals surface area contributed by atoms with Gasteiger partial charge in [0.1, 0.15) is 17.6 Å². The fourth-order valence-electron chi connectivity index (χ4n) is 4.31. The Kier molecular flexibility index (Phi) is 9.03. The number of nitriles is 1. The highest BCUT2D eigenvalue weighted by Gasteiger charge is 2.23. The lowest BCUT2D eigenvalue weighted by molar-refractivity contribution is -0.111. The number of benzene rings is 2. The molecule has 12 heteroatoms. The number of methoxy groups -OCH3 is 1. The molecular weight excluding hydrogens is 545 g/mol. The molecule has 41 heavy (non-hydrogen) atoms. The van der Waals surface area contributed by atoms with Crippen LogP contribution in [0.1, 0.15) is 18.7 Å². The van der Waals surface area contributed by atoms with Crippen molar-refractivity contribution in [1.82, 2.24) is 14.5 Å². The molecule has 2 heterocycles. The lowest BCUT2D eigenvalue weighted by atomic mass is 10.0. The number of hydrogen-bond acceptors (Lipinski definition) is 7. The molecule has 212 valence electrons. The lowest BCUT2D eigenvalue weighted by Gasteiger charge is -2.16. The van der Waals surface area contributed by atoms with Crippen LogP contribution in [0.3, 0.4) is 0 Å². The largest absolute Gasteiger partial charge is 0.497 e. The predicted molar refractivity (Wildman–Crippen MR) is 156 cm³/mol. The first kappa shape index (κ1) is 29.7. The van der Waals surface area contributed by atoms with E-state index in [1.165, 1.54) is 24.7 Å². The average Bonchev–Trinajstić information content (AvgIpc) is 3.31. The second kappa shape index (κ2) is 12.5. The molecule has 1 atom stereocenters. The molecule has 0 aliphatic heterocycles. The maximum Gasteiger partial charge on any atom is 0.471 e. The summed E-state index contributed by atoms with van der Waals surface area (Å²) in [7, 11) is 0.568. The first-order valence-electron chi connectivity index (χ1n) is 12.5. The van der Waals surface area contributed by atoms with Crippen molar-refractivity contribution < 1.29 is 28.4 Å². The first-order valence-corrected chi connectivity index (χ1v) is 14.1. The fourth-order valence-corrected chi connectivity index (χ4v) is 4.81. The Bertz CT molecular complexity index is 1700. The molecule has 1 amide bonds. The van der Waals surface area contributed by atoms with Gasteiger partial charge in [-0.2, -0.15) is 5.26 Å². The number of fused-ring (bicyclic) bond motifs is 1. The summed E-state index contributed by atoms with van der Waals surface area (Å²) in [5.74, 6) is 0.244. The predicted octanol–water partition coefficient (Wildman–Crippen LogP) is 4.93. The number of anilines is 1. The number of rotatable bonds is 10. The van der Waals surface area contributed by atoms with E-state index in [0.717, 1.165) is 11.1 Å². The van der Waals surface area contributed by atoms with E-state index in [-0.39, 0.29) is 5.91 Å². The summed E-state index contributed by atoms with van der Waals surface area (Å²) in [4.78, 5) is 37.8. The summed E-state index contributed by atoms with van der Waals surface area (Å²) in [5.41, 5.74) is 4.24. The van der Waals surface area contributed by atoms with Crippen molar-refractivity contribution in [2.45, 2.75) is 13.2 Å². The number of likely N-dealkylation sites (N-methyl/N-ethyl adjacent to an activating group) is 1. The van der Waals surface area contributed by atoms with Crippen molar-refractivity contribution in [1.29, 1.82) is 5.26 Å². The highest BCUT2D eigenvalue weighted by Crippen LogP contribution is 2.43. The van der Waals surface area contributed by atoms with Gasteiger partial charge in [0.15, 0.2) is 0 Å². The second-order valence-corrected chi connectivity index (χ2v) is 10.7. The summed E-state index contributed by atoms with van der Waals surface area (Å²) in [6.45, 7) is 2.13. The summed E-state index contributed by atoms with van der Waals surface area (Å²) < 4.78 is 23.5. The number of amides is 1. The van der Waals surface area contributed by atoms with E-state index >= 15 is 0 Å². The molecule has 2 aromatic heterocycles. The Morgan fingerprint density at radius 1 is 1.20 bits per heavy atom. The number of nitrogens with zero attached hydrogens (tertiary/aromatic N) is 4. The van der Waals surface area contributed by atoms with E-state index in [2.05, 4.69) is 16.4 Å². The molecule has 0 spiro atoms. The van der Waals surface area contributed by atoms with E-state index in [1.54, 1.807) is 48.8 Å². The van der Waals surface area contributed by atoms with Crippen molar-refractivity contribution in [3.63, 3.8) is 0 Å². The molecule has 0 aliphatic carbocycles. The van der Waals surface area contributed by atoms with Gasteiger partial charge in [0.05, 0.1) is 18.7 Å². The maximum absolute atomic E-state index is 12.5. The molecular formula is C29H30N5O6P. The fraction of sp³-hybridized carbons (Fsp3) is 0.207. The van der Waals surface area contributed by atoms with Crippen molar-refractivity contribution >= 4 is 30.5 Å². The van der Waals surface area contributed by atoms with E-state index in [9.17, 15) is 24.4 Å². The van der Waals surface area contributed by atoms with Crippen molar-refractivity contribution in [2.24, 2.45) is 0 Å². The lowest BCUT2D eigenvalue weighted by Crippen LogP contribution is -2.13. The molecule has 3 N–H and O–H groups in total. The number of ether oxygens (including phenoxy) is 1. The van der Waals surface area contributed by atoms with Crippen LogP contribution < -0.4 is 10.1 Å². The van der Waals surface area contributed by atoms with Gasteiger partial charge in [-0.25, -0.2) is 9.55 Å². The van der Waals surface area contributed by atoms with Gasteiger partial charge in [0.2, 0.25) is 5.91 Å². The van der Waals surface area contributed by atoms with Gasteiger partial charge >= 0.3 is 7.82 Å². The highest BCUT2D eigenvalue weighted by molar-refractivity contribution is 7.46. The minimum Gasteiger partial charge on any atom is -0.497 e. The Morgan fingerprint density at radius 3 is 2.66 bits per heavy atom. The zero-order chi connectivity index (χ0) is 29.7. The SMILES string of the molecule is COc1cc(NC(=O)/C=C/CN(C)C)cc(-c2cnc3c(c2)c(-c2cccc(C#N)c2)cn3C(C)OP(=O)(O)O)c1. The van der Waals surface area contributed by atoms with Crippen molar-refractivity contribution in [3.05, 3.63) is 78.6 Å². The third-order valence-corrected chi connectivity index (χ3v) is 6.72. The molecule has 0 saturated carbocycles. The molecule has 1 unspecified atom stereocenters. The molecule has 11 nitrogen and oxygen atoms in total. The number of carbonyl (C=O) groups excluding carboxylic acids is 1. The zero-order valence-corrected chi connectivity index (χ0v) is 23.9. The van der Waals surface area contributed by atoms with Gasteiger partial charge in [0, 0.05) is 53.3 Å². The third-order valence-electron chi connectivity index (χ3n) is 6.14. The molecule has 2 aromatic carbocycles. The average molecular weight is 576 g/mol. The number of phosphoric acid groups is 1. The standard InChI is InChI=1S/C29H30N5O6P/c1-19(40-41(36,37)38)34-18-27(21-8-5-7-20(11-21)16-30)26-14-23(17-31-29(26)34)22-12-24(15-25(13-22)39-4)32-28(35)9-6-10-33(2)3/h5-9,11-15,17-19H,10H2,1-4H3,(H,32,35)(H2,36,37,38)/b9-6+. The minimum atomic E-state index is -4.78. The minimum absolute atomic E-state index is 0.282. The monoisotopic (exact) mass is 575 g/mol. The third kappa shape index (κ3) is 7.46. The van der Waals surface area contributed by atoms with E-state index in [4.69, 9.17) is 9.26 Å². The van der Waals surface area contributed by atoms with Crippen LogP contribution in [0, 0.1) is 11.3 Å². The zero-order valence-electron chi connectivity index (χ0n) is 23.0. The maximum atomic E-state index is 12.5. The van der Waals surface area contributed by atoms with Crippen LogP contribution in [0.5, 0.6) is 5.75 Å². The second-order valence-electron chi connectivity index (χ2n) is 9.54. The van der Waals surface area contributed by atoms with Gasteiger partial charge in [-0.1, -0.05) is 18.2 Å². The van der Waals surface area contributed by atoms with Crippen LogP contribution in [-0.4, -0.2) is 57.9 Å². The van der Waals surface area contributed by atoms with Crippen LogP contribution in [-0.2, 0) is 13.9 Å². The molecule has 0 bridgehead atoms. The summed E-state index contributed by atoms with van der Waals surface area (Å²) in [6.07, 6.45) is 5.51. The van der Waals surface area contributed by atoms with Crippen LogP contribution in [0.15, 0.2) is 73.1 Å². The quantitative estimate of drug-likeness (QED) is 0.177. The van der Waals surface area contributed by atoms with Gasteiger partial charge in [-0.05, 0) is 62.5 Å². The Balaban J connectivity index is 1.81. The molecule has 0 aliphatic rings. The van der Waals surface area contributed by atoms with Crippen LogP contribution >= 0.6 is 7.82 Å². The van der Waals surface area contributed by atoms with Gasteiger partial charge < -0.3 is 29.3 Å². The molecule has 0 radical (unpaired) electrons. The van der Waals surface area contributed by atoms with Crippen LogP contribution in [0.4, 0.5) is 5.69 Å². The van der Waals surface area contributed by atoms with Gasteiger partial charge in [-0.3, -0.25) is 9.32 Å². The van der Waals surface area contributed by atoms with Crippen molar-refractivity contribution in [2.75, 3.05) is 33.1 Å². The summed E-state index contributed by atoms with van der Waals surface area (Å²) in [5, 5.41) is 12.9. The summed E-state index contributed by atoms with van der Waals surface area (Å²) >= 11 is 0.